The summed E-state index contributed by atoms with van der Waals surface area (Å²) >= 11 is 0. The highest BCUT2D eigenvalue weighted by Crippen LogP contribution is 2.70. The highest BCUT2D eigenvalue weighted by atomic mass is 16.6. The largest absolute Gasteiger partial charge is 0.396 e. The van der Waals surface area contributed by atoms with E-state index < -0.39 is 23.1 Å². The quantitative estimate of drug-likeness (QED) is 0.151. The predicted octanol–water partition coefficient (Wildman–Crippen LogP) is 11.3. The van der Waals surface area contributed by atoms with Crippen molar-refractivity contribution in [3.63, 3.8) is 0 Å². The first-order valence-corrected chi connectivity index (χ1v) is 27.0. The van der Waals surface area contributed by atoms with Crippen molar-refractivity contribution >= 4 is 40.8 Å². The van der Waals surface area contributed by atoms with Crippen LogP contribution in [0.3, 0.4) is 0 Å². The van der Waals surface area contributed by atoms with Gasteiger partial charge in [0, 0.05) is 45.0 Å². The fraction of sp³-hybridized carbons (Fsp3) is 0.814. The number of nitrogens with one attached hydrogen (secondary N) is 1. The number of carbonyl (C=O) groups excluding carboxylic acids is 5. The van der Waals surface area contributed by atoms with Gasteiger partial charge in [0.2, 0.25) is 5.91 Å². The molecule has 14 nitrogen and oxygen atoms in total. The molecule has 8 aliphatic carbocycles. The van der Waals surface area contributed by atoms with Crippen molar-refractivity contribution in [1.82, 2.24) is 19.6 Å². The van der Waals surface area contributed by atoms with Gasteiger partial charge in [-0.05, 0) is 198 Å². The number of nitrogens with two attached hydrogens (primary N) is 1. The summed E-state index contributed by atoms with van der Waals surface area (Å²) in [6, 6.07) is 0. The van der Waals surface area contributed by atoms with Gasteiger partial charge in [-0.1, -0.05) is 50.0 Å². The van der Waals surface area contributed by atoms with Crippen LogP contribution in [-0.4, -0.2) is 70.4 Å². The van der Waals surface area contributed by atoms with Gasteiger partial charge in [0.25, 0.3) is 0 Å². The van der Waals surface area contributed by atoms with Gasteiger partial charge in [0.15, 0.2) is 11.6 Å². The lowest BCUT2D eigenvalue weighted by Gasteiger charge is -2.61. The maximum Gasteiger partial charge on any atom is 0.310 e. The predicted molar refractivity (Wildman–Crippen MR) is 288 cm³/mol. The van der Waals surface area contributed by atoms with Crippen LogP contribution in [-0.2, 0) is 41.8 Å². The molecule has 2 heterocycles. The molecule has 14 heteroatoms. The number of Topliss-reactive ketones (excluding diaryl/α,β-unsaturated/α-hetero) is 2. The molecule has 2 aromatic heterocycles. The van der Waals surface area contributed by atoms with E-state index in [1.54, 1.807) is 34.2 Å². The zero-order valence-corrected chi connectivity index (χ0v) is 43.9. The third-order valence-corrected chi connectivity index (χ3v) is 21.2. The topological polar surface area (TPSA) is 209 Å². The van der Waals surface area contributed by atoms with Crippen LogP contribution in [0.4, 0.5) is 11.4 Å². The minimum Gasteiger partial charge on any atom is -0.396 e. The number of rotatable bonds is 7. The van der Waals surface area contributed by atoms with Gasteiger partial charge in [-0.3, -0.25) is 33.3 Å². The average Bonchev–Trinajstić information content (AvgIpc) is 4.05. The van der Waals surface area contributed by atoms with Crippen LogP contribution in [0, 0.1) is 80.8 Å². The van der Waals surface area contributed by atoms with Crippen molar-refractivity contribution in [2.45, 2.75) is 224 Å². The summed E-state index contributed by atoms with van der Waals surface area (Å²) in [6.07, 6.45) is 27.1. The molecule has 8 saturated carbocycles. The number of hydrogen-bond acceptors (Lipinski definition) is 11. The second kappa shape index (κ2) is 22.4. The Morgan fingerprint density at radius 1 is 0.575 bits per heavy atom. The molecular formula is C59H98N6O8. The van der Waals surface area contributed by atoms with Gasteiger partial charge >= 0.3 is 11.9 Å². The molecule has 16 atom stereocenters. The highest BCUT2D eigenvalue weighted by molar-refractivity contribution is 5.88. The molecule has 8 aliphatic rings. The molecular weight excluding hydrogens is 921 g/mol. The number of nitrogens with zero attached hydrogens (tertiary/aromatic N) is 4. The van der Waals surface area contributed by atoms with E-state index in [1.807, 2.05) is 13.8 Å². The number of aliphatic hydroxyl groups is 2. The van der Waals surface area contributed by atoms with Gasteiger partial charge in [-0.15, -0.1) is 0 Å². The first-order valence-electron chi connectivity index (χ1n) is 27.0. The Labute approximate surface area is 438 Å². The monoisotopic (exact) mass is 1020 g/mol. The molecule has 2 aromatic rings. The lowest BCUT2D eigenvalue weighted by Crippen LogP contribution is -2.55. The molecule has 8 fully saturated rings. The van der Waals surface area contributed by atoms with Crippen molar-refractivity contribution in [3.05, 3.63) is 24.8 Å². The zero-order chi connectivity index (χ0) is 50.8. The Bertz CT molecular complexity index is 2270. The molecule has 0 aliphatic heterocycles. The van der Waals surface area contributed by atoms with Crippen LogP contribution in [0.5, 0.6) is 0 Å². The third kappa shape index (κ3) is 11.9. The highest BCUT2D eigenvalue weighted by Gasteiger charge is 2.63. The number of carbonyl (C=O) groups is 5. The Kier molecular flexibility index (Phi) is 18.4. The number of nitrogen functional groups attached to an aromatic ring is 1. The van der Waals surface area contributed by atoms with Gasteiger partial charge in [0.1, 0.15) is 0 Å². The number of fused-ring (bicyclic) bond motifs is 10. The molecule has 5 N–H and O–H groups in total. The molecule has 0 unspecified atom stereocenters. The molecule has 10 rings (SSSR count). The molecule has 412 valence electrons. The SMILES string of the molecule is C.C.C.CC(=O)Nc1cnn(CC(=O)[C@H]2CC[C@H]3[C@@H]4CC[C@@H]5C[C@](C)(O)CC[C@]5(C)[C@H]4CC[C@]23C)c1.CC(=O)OC(C)=O.C[C@@]1(O)CC[C@@]2(C)[C@H](CC[C@@H]3[C@@H]2CC[C@]2(C)[C@@H](C(=O)Cn4cc(N)cn4)CC[C@@H]32)C1. The average molecular weight is 1020 g/mol. The summed E-state index contributed by atoms with van der Waals surface area (Å²) in [4.78, 5) is 57.6. The maximum absolute atomic E-state index is 13.5. The number of esters is 2. The minimum atomic E-state index is -0.562. The van der Waals surface area contributed by atoms with Crippen molar-refractivity contribution in [2.24, 2.45) is 80.8 Å². The minimum absolute atomic E-state index is 0. The van der Waals surface area contributed by atoms with Crippen LogP contribution in [0.15, 0.2) is 24.8 Å². The summed E-state index contributed by atoms with van der Waals surface area (Å²) < 4.78 is 7.36. The number of ether oxygens (including phenoxy) is 1. The Balaban J connectivity index is 0.000000232. The van der Waals surface area contributed by atoms with Crippen LogP contribution in [0.1, 0.15) is 200 Å². The second-order valence-corrected chi connectivity index (χ2v) is 25.7. The van der Waals surface area contributed by atoms with Crippen LogP contribution in [0.25, 0.3) is 0 Å². The summed E-state index contributed by atoms with van der Waals surface area (Å²) in [5, 5.41) is 32.7. The van der Waals surface area contributed by atoms with Crippen LogP contribution >= 0.6 is 0 Å². The van der Waals surface area contributed by atoms with Crippen molar-refractivity contribution in [1.29, 1.82) is 0 Å². The van der Waals surface area contributed by atoms with E-state index in [-0.39, 0.29) is 57.4 Å². The smallest absolute Gasteiger partial charge is 0.310 e. The van der Waals surface area contributed by atoms with E-state index in [2.05, 4.69) is 47.9 Å². The number of amides is 1. The lowest BCUT2D eigenvalue weighted by molar-refractivity contribution is -0.156. The molecule has 0 spiro atoms. The van der Waals surface area contributed by atoms with E-state index in [0.717, 1.165) is 75.0 Å². The molecule has 0 bridgehead atoms. The van der Waals surface area contributed by atoms with Crippen molar-refractivity contribution in [2.75, 3.05) is 11.1 Å². The first-order chi connectivity index (χ1) is 32.8. The number of ketones is 2. The summed E-state index contributed by atoms with van der Waals surface area (Å²) in [7, 11) is 0. The normalized spacial score (nSPS) is 40.5. The van der Waals surface area contributed by atoms with E-state index in [1.165, 1.54) is 85.0 Å². The Morgan fingerprint density at radius 3 is 1.37 bits per heavy atom. The molecule has 73 heavy (non-hydrogen) atoms. The van der Waals surface area contributed by atoms with E-state index >= 15 is 0 Å². The van der Waals surface area contributed by atoms with E-state index in [9.17, 15) is 34.2 Å². The zero-order valence-electron chi connectivity index (χ0n) is 43.9. The maximum atomic E-state index is 13.5. The van der Waals surface area contributed by atoms with Crippen LogP contribution in [0.2, 0.25) is 0 Å². The standard InChI is InChI=1S/C27H41N3O3.C25H39N3O2.C4H6O3.3CH4/c1-17(31)29-19-14-28-30(15-19)16-24(32)23-8-7-21-20-6-5-18-13-25(2,33)11-12-26(18,3)22(20)9-10-27(21,23)4;1-23(30)10-11-24(2)16(12-23)4-5-18-19-6-7-21(25(19,3)9-8-20(18)24)22(29)15-28-14-17(26)13-27-28;1-3(5)7-4(2)6;;;/h14-15,18,20-23,33H,5-13,16H2,1-4H3,(H,29,31);13-14,16,18-21,30H,4-12,15,26H2,1-3H3;1-2H3;3*1H4/t18-,20+,21+,22+,23-,25-,26+,27+;16-,18+,19+,20+,21-,23-,24+,25+;;;;/m11..../s1. The Morgan fingerprint density at radius 2 is 0.986 bits per heavy atom. The lowest BCUT2D eigenvalue weighted by atomic mass is 9.44. The number of hydrogen-bond donors (Lipinski definition) is 4. The van der Waals surface area contributed by atoms with Gasteiger partial charge in [0.05, 0.1) is 48.1 Å². The number of anilines is 2. The van der Waals surface area contributed by atoms with Crippen molar-refractivity contribution < 1.29 is 38.9 Å². The fourth-order valence-corrected chi connectivity index (χ4v) is 17.8. The summed E-state index contributed by atoms with van der Waals surface area (Å²) in [5.41, 5.74) is 7.05. The second-order valence-electron chi connectivity index (χ2n) is 25.7. The van der Waals surface area contributed by atoms with Gasteiger partial charge in [-0.25, -0.2) is 0 Å². The third-order valence-electron chi connectivity index (χ3n) is 21.2. The summed E-state index contributed by atoms with van der Waals surface area (Å²) in [6.45, 7) is 18.4. The Hall–Kier alpha value is -3.91. The number of aromatic nitrogens is 4. The first kappa shape index (κ1) is 60.0. The van der Waals surface area contributed by atoms with E-state index in [4.69, 9.17) is 5.73 Å². The van der Waals surface area contributed by atoms with Gasteiger partial charge < -0.3 is 26.0 Å². The van der Waals surface area contributed by atoms with Gasteiger partial charge in [-0.2, -0.15) is 10.2 Å². The molecule has 0 aromatic carbocycles. The fourth-order valence-electron chi connectivity index (χ4n) is 17.8. The molecule has 0 saturated heterocycles. The van der Waals surface area contributed by atoms with Crippen molar-refractivity contribution in [3.8, 4) is 0 Å². The van der Waals surface area contributed by atoms with Crippen LogP contribution < -0.4 is 11.1 Å². The molecule has 1 amide bonds. The molecule has 0 radical (unpaired) electrons. The van der Waals surface area contributed by atoms with E-state index in [0.29, 0.717) is 64.0 Å². The summed E-state index contributed by atoms with van der Waals surface area (Å²) in [5.74, 6) is 5.25.